The molecule has 0 aliphatic heterocycles. The lowest BCUT2D eigenvalue weighted by Gasteiger charge is -2.06. The van der Waals surface area contributed by atoms with E-state index in [0.717, 1.165) is 10.9 Å². The summed E-state index contributed by atoms with van der Waals surface area (Å²) in [4.78, 5) is 22.3. The van der Waals surface area contributed by atoms with Crippen molar-refractivity contribution < 1.29 is 9.90 Å². The van der Waals surface area contributed by atoms with Gasteiger partial charge in [0.15, 0.2) is 0 Å². The molecule has 0 saturated carbocycles. The summed E-state index contributed by atoms with van der Waals surface area (Å²) >= 11 is 0. The molecule has 0 radical (unpaired) electrons. The number of nitrogens with zero attached hydrogens (tertiary/aromatic N) is 1. The van der Waals surface area contributed by atoms with E-state index in [1.165, 1.54) is 0 Å². The molecule has 3 rings (SSSR count). The molecule has 0 saturated heterocycles. The van der Waals surface area contributed by atoms with Crippen molar-refractivity contribution in [3.05, 3.63) is 58.9 Å². The topological polar surface area (TPSA) is 95.1 Å². The first-order valence-corrected chi connectivity index (χ1v) is 6.23. The highest BCUT2D eigenvalue weighted by Gasteiger charge is 2.08. The average molecular weight is 281 g/mol. The van der Waals surface area contributed by atoms with Gasteiger partial charge >= 0.3 is 6.09 Å². The van der Waals surface area contributed by atoms with Crippen LogP contribution in [-0.2, 0) is 0 Å². The standard InChI is InChI=1S/C15H11N3O3/c19-14-12-4-2-1-3-11(12)13(17-18-14)9-5-7-10(8-6-9)16-15(20)21/h1-8,16H,(H,18,19)(H,20,21). The smallest absolute Gasteiger partial charge is 0.409 e. The Kier molecular flexibility index (Phi) is 3.12. The van der Waals surface area contributed by atoms with Gasteiger partial charge in [-0.1, -0.05) is 30.3 Å². The molecule has 0 atom stereocenters. The summed E-state index contributed by atoms with van der Waals surface area (Å²) in [5, 5.41) is 18.8. The van der Waals surface area contributed by atoms with Crippen LogP contribution in [0.5, 0.6) is 0 Å². The molecule has 0 bridgehead atoms. The third-order valence-corrected chi connectivity index (χ3v) is 3.11. The Morgan fingerprint density at radius 2 is 1.71 bits per heavy atom. The van der Waals surface area contributed by atoms with Gasteiger partial charge in [-0.15, -0.1) is 0 Å². The Bertz CT molecular complexity index is 869. The molecule has 104 valence electrons. The van der Waals surface area contributed by atoms with Crippen molar-refractivity contribution in [2.45, 2.75) is 0 Å². The number of benzene rings is 2. The Labute approximate surface area is 119 Å². The van der Waals surface area contributed by atoms with E-state index < -0.39 is 6.09 Å². The molecule has 1 aromatic heterocycles. The van der Waals surface area contributed by atoms with E-state index in [4.69, 9.17) is 5.11 Å². The van der Waals surface area contributed by atoms with Crippen LogP contribution >= 0.6 is 0 Å². The second-order valence-electron chi connectivity index (χ2n) is 4.45. The van der Waals surface area contributed by atoms with E-state index in [0.29, 0.717) is 16.8 Å². The molecular weight excluding hydrogens is 270 g/mol. The number of carbonyl (C=O) groups is 1. The van der Waals surface area contributed by atoms with Gasteiger partial charge in [-0.25, -0.2) is 9.89 Å². The van der Waals surface area contributed by atoms with Crippen LogP contribution in [-0.4, -0.2) is 21.4 Å². The minimum Gasteiger partial charge on any atom is -0.465 e. The summed E-state index contributed by atoms with van der Waals surface area (Å²) in [6.45, 7) is 0. The van der Waals surface area contributed by atoms with Crippen LogP contribution in [0.3, 0.4) is 0 Å². The van der Waals surface area contributed by atoms with Crippen LogP contribution in [0.1, 0.15) is 0 Å². The largest absolute Gasteiger partial charge is 0.465 e. The number of anilines is 1. The zero-order chi connectivity index (χ0) is 14.8. The van der Waals surface area contributed by atoms with E-state index in [9.17, 15) is 9.59 Å². The predicted molar refractivity (Wildman–Crippen MR) is 79.4 cm³/mol. The number of carboxylic acid groups (broad SMARTS) is 1. The third-order valence-electron chi connectivity index (χ3n) is 3.11. The lowest BCUT2D eigenvalue weighted by molar-refractivity contribution is 0.210. The van der Waals surface area contributed by atoms with Crippen LogP contribution in [0.25, 0.3) is 22.0 Å². The maximum atomic E-state index is 11.7. The molecule has 6 nitrogen and oxygen atoms in total. The lowest BCUT2D eigenvalue weighted by Crippen LogP contribution is -2.09. The van der Waals surface area contributed by atoms with Crippen molar-refractivity contribution in [3.63, 3.8) is 0 Å². The van der Waals surface area contributed by atoms with Gasteiger partial charge in [0.2, 0.25) is 0 Å². The highest BCUT2D eigenvalue weighted by molar-refractivity contribution is 5.94. The third kappa shape index (κ3) is 2.46. The molecule has 1 heterocycles. The monoisotopic (exact) mass is 281 g/mol. The minimum absolute atomic E-state index is 0.237. The lowest BCUT2D eigenvalue weighted by atomic mass is 10.0. The van der Waals surface area contributed by atoms with E-state index in [2.05, 4.69) is 15.5 Å². The molecule has 6 heteroatoms. The van der Waals surface area contributed by atoms with E-state index in [1.807, 2.05) is 12.1 Å². The molecule has 21 heavy (non-hydrogen) atoms. The molecular formula is C15H11N3O3. The van der Waals surface area contributed by atoms with E-state index >= 15 is 0 Å². The number of nitrogens with one attached hydrogen (secondary N) is 2. The van der Waals surface area contributed by atoms with Crippen LogP contribution < -0.4 is 10.9 Å². The van der Waals surface area contributed by atoms with Crippen LogP contribution in [0.4, 0.5) is 10.5 Å². The molecule has 0 unspecified atom stereocenters. The van der Waals surface area contributed by atoms with Gasteiger partial charge in [-0.05, 0) is 18.2 Å². The van der Waals surface area contributed by atoms with Gasteiger partial charge < -0.3 is 5.11 Å². The molecule has 3 N–H and O–H groups in total. The second-order valence-corrected chi connectivity index (χ2v) is 4.45. The Balaban J connectivity index is 2.10. The maximum Gasteiger partial charge on any atom is 0.409 e. The Morgan fingerprint density at radius 3 is 2.38 bits per heavy atom. The number of fused-ring (bicyclic) bond motifs is 1. The second kappa shape index (κ2) is 5.09. The summed E-state index contributed by atoms with van der Waals surface area (Å²) < 4.78 is 0. The summed E-state index contributed by atoms with van der Waals surface area (Å²) in [7, 11) is 0. The van der Waals surface area contributed by atoms with Crippen molar-refractivity contribution in [1.29, 1.82) is 0 Å². The zero-order valence-corrected chi connectivity index (χ0v) is 10.8. The molecule has 3 aromatic rings. The number of rotatable bonds is 2. The van der Waals surface area contributed by atoms with Crippen LogP contribution in [0, 0.1) is 0 Å². The zero-order valence-electron chi connectivity index (χ0n) is 10.8. The first-order chi connectivity index (χ1) is 10.1. The van der Waals surface area contributed by atoms with Crippen molar-refractivity contribution in [2.24, 2.45) is 0 Å². The molecule has 0 aliphatic rings. The fourth-order valence-corrected chi connectivity index (χ4v) is 2.17. The van der Waals surface area contributed by atoms with Crippen molar-refractivity contribution >= 4 is 22.6 Å². The van der Waals surface area contributed by atoms with Crippen molar-refractivity contribution in [3.8, 4) is 11.3 Å². The van der Waals surface area contributed by atoms with Gasteiger partial charge in [-0.2, -0.15) is 5.10 Å². The first kappa shape index (κ1) is 12.9. The average Bonchev–Trinajstić information content (AvgIpc) is 2.48. The normalized spacial score (nSPS) is 10.5. The summed E-state index contributed by atoms with van der Waals surface area (Å²) in [5.74, 6) is 0. The van der Waals surface area contributed by atoms with Crippen molar-refractivity contribution in [1.82, 2.24) is 10.2 Å². The molecule has 0 spiro atoms. The molecule has 2 aromatic carbocycles. The van der Waals surface area contributed by atoms with Crippen molar-refractivity contribution in [2.75, 3.05) is 5.32 Å². The van der Waals surface area contributed by atoms with Gasteiger partial charge in [0, 0.05) is 16.6 Å². The fraction of sp³-hybridized carbons (Fsp3) is 0. The molecule has 0 fully saturated rings. The Hall–Kier alpha value is -3.15. The number of H-pyrrole nitrogens is 1. The first-order valence-electron chi connectivity index (χ1n) is 6.23. The quantitative estimate of drug-likeness (QED) is 0.673. The van der Waals surface area contributed by atoms with E-state index in [1.54, 1.807) is 36.4 Å². The number of hydrogen-bond acceptors (Lipinski definition) is 3. The highest BCUT2D eigenvalue weighted by atomic mass is 16.4. The maximum absolute atomic E-state index is 11.7. The summed E-state index contributed by atoms with van der Waals surface area (Å²) in [6, 6.07) is 14.0. The predicted octanol–water partition coefficient (Wildman–Crippen LogP) is 2.68. The number of aromatic amines is 1. The van der Waals surface area contributed by atoms with Gasteiger partial charge in [-0.3, -0.25) is 10.1 Å². The van der Waals surface area contributed by atoms with Gasteiger partial charge in [0.05, 0.1) is 11.1 Å². The summed E-state index contributed by atoms with van der Waals surface area (Å²) in [5.41, 5.74) is 1.67. The number of amides is 1. The molecule has 1 amide bonds. The number of hydrogen-bond donors (Lipinski definition) is 3. The summed E-state index contributed by atoms with van der Waals surface area (Å²) in [6.07, 6.45) is -1.12. The Morgan fingerprint density at radius 1 is 1.05 bits per heavy atom. The van der Waals surface area contributed by atoms with Crippen LogP contribution in [0.15, 0.2) is 53.3 Å². The van der Waals surface area contributed by atoms with Crippen LogP contribution in [0.2, 0.25) is 0 Å². The fourth-order valence-electron chi connectivity index (χ4n) is 2.17. The van der Waals surface area contributed by atoms with Gasteiger partial charge in [0.25, 0.3) is 5.56 Å². The highest BCUT2D eigenvalue weighted by Crippen LogP contribution is 2.25. The number of aromatic nitrogens is 2. The molecule has 0 aliphatic carbocycles. The van der Waals surface area contributed by atoms with E-state index in [-0.39, 0.29) is 5.56 Å². The minimum atomic E-state index is -1.12. The SMILES string of the molecule is O=C(O)Nc1ccc(-c2n[nH]c(=O)c3ccccc23)cc1. The van der Waals surface area contributed by atoms with Gasteiger partial charge in [0.1, 0.15) is 0 Å².